The van der Waals surface area contributed by atoms with Crippen molar-refractivity contribution in [2.45, 2.75) is 0 Å². The van der Waals surface area contributed by atoms with Crippen molar-refractivity contribution in [1.29, 1.82) is 0 Å². The van der Waals surface area contributed by atoms with Crippen molar-refractivity contribution in [3.8, 4) is 0 Å². The molecule has 15 heavy (non-hydrogen) atoms. The number of carbonyl (C=O) groups excluding carboxylic acids is 1. The number of benzene rings is 1. The van der Waals surface area contributed by atoms with Gasteiger partial charge in [0.15, 0.2) is 0 Å². The van der Waals surface area contributed by atoms with Gasteiger partial charge >= 0.3 is 12.0 Å². The summed E-state index contributed by atoms with van der Waals surface area (Å²) in [5.74, 6) is -1.11. The van der Waals surface area contributed by atoms with E-state index >= 15 is 0 Å². The van der Waals surface area contributed by atoms with Crippen LogP contribution in [0.1, 0.15) is 0 Å². The fraction of sp³-hybridized carbons (Fsp3) is 0.111. The number of nitrogens with two attached hydrogens (primary N) is 1. The van der Waals surface area contributed by atoms with Crippen LogP contribution in [0.4, 0.5) is 16.2 Å². The molecule has 0 bridgehead atoms. The third-order valence-corrected chi connectivity index (χ3v) is 1.61. The van der Waals surface area contributed by atoms with Gasteiger partial charge in [0.1, 0.15) is 6.54 Å². The van der Waals surface area contributed by atoms with Crippen LogP contribution in [-0.4, -0.2) is 23.7 Å². The summed E-state index contributed by atoms with van der Waals surface area (Å²) in [6.45, 7) is -0.432. The number of urea groups is 1. The lowest BCUT2D eigenvalue weighted by atomic mass is 10.3. The van der Waals surface area contributed by atoms with Gasteiger partial charge in [0.05, 0.1) is 11.4 Å². The van der Waals surface area contributed by atoms with E-state index in [-0.39, 0.29) is 0 Å². The molecule has 80 valence electrons. The van der Waals surface area contributed by atoms with E-state index in [1.165, 1.54) is 0 Å². The molecule has 0 atom stereocenters. The Labute approximate surface area is 86.1 Å². The summed E-state index contributed by atoms with van der Waals surface area (Å²) in [4.78, 5) is 21.3. The fourth-order valence-electron chi connectivity index (χ4n) is 0.933. The fourth-order valence-corrected chi connectivity index (χ4v) is 0.933. The van der Waals surface area contributed by atoms with Crippen molar-refractivity contribution in [2.75, 3.05) is 17.6 Å². The van der Waals surface area contributed by atoms with E-state index in [0.29, 0.717) is 11.4 Å². The number of rotatable bonds is 3. The minimum absolute atomic E-state index is 0.419. The SMILES string of the molecule is Nc1ccccc1NC(=O)NCC(=O)O. The number of hydrogen-bond donors (Lipinski definition) is 4. The van der Waals surface area contributed by atoms with Crippen LogP contribution in [0.5, 0.6) is 0 Å². The molecule has 1 aromatic rings. The Balaban J connectivity index is 2.52. The largest absolute Gasteiger partial charge is 0.480 e. The van der Waals surface area contributed by atoms with Crippen molar-refractivity contribution >= 4 is 23.4 Å². The Morgan fingerprint density at radius 1 is 1.33 bits per heavy atom. The Hall–Kier alpha value is -2.24. The molecule has 0 fully saturated rings. The summed E-state index contributed by atoms with van der Waals surface area (Å²) >= 11 is 0. The average molecular weight is 209 g/mol. The van der Waals surface area contributed by atoms with Gasteiger partial charge in [0, 0.05) is 0 Å². The van der Waals surface area contributed by atoms with E-state index in [4.69, 9.17) is 10.8 Å². The predicted octanol–water partition coefficient (Wildman–Crippen LogP) is 0.475. The molecule has 0 saturated heterocycles. The number of nitrogens with one attached hydrogen (secondary N) is 2. The normalized spacial score (nSPS) is 9.33. The van der Waals surface area contributed by atoms with Crippen LogP contribution < -0.4 is 16.4 Å². The van der Waals surface area contributed by atoms with E-state index in [9.17, 15) is 9.59 Å². The number of carbonyl (C=O) groups is 2. The first-order valence-corrected chi connectivity index (χ1v) is 4.20. The highest BCUT2D eigenvalue weighted by Crippen LogP contribution is 2.15. The number of nitrogen functional groups attached to an aromatic ring is 1. The molecule has 2 amide bonds. The highest BCUT2D eigenvalue weighted by molar-refractivity contribution is 5.93. The van der Waals surface area contributed by atoms with Gasteiger partial charge in [0.25, 0.3) is 0 Å². The van der Waals surface area contributed by atoms with Gasteiger partial charge in [-0.15, -0.1) is 0 Å². The molecular formula is C9H11N3O3. The molecule has 6 heteroatoms. The van der Waals surface area contributed by atoms with Gasteiger partial charge in [-0.1, -0.05) is 12.1 Å². The maximum absolute atomic E-state index is 11.1. The van der Waals surface area contributed by atoms with Crippen LogP contribution in [0.15, 0.2) is 24.3 Å². The van der Waals surface area contributed by atoms with Crippen LogP contribution >= 0.6 is 0 Å². The zero-order valence-electron chi connectivity index (χ0n) is 7.86. The van der Waals surface area contributed by atoms with Crippen LogP contribution in [0.25, 0.3) is 0 Å². The number of carboxylic acids is 1. The number of anilines is 2. The second-order valence-corrected chi connectivity index (χ2v) is 2.79. The summed E-state index contributed by atoms with van der Waals surface area (Å²) in [7, 11) is 0. The molecule has 0 radical (unpaired) electrons. The maximum atomic E-state index is 11.1. The molecule has 1 rings (SSSR count). The predicted molar refractivity (Wildman–Crippen MR) is 55.5 cm³/mol. The molecule has 0 unspecified atom stereocenters. The standard InChI is InChI=1S/C9H11N3O3/c10-6-3-1-2-4-7(6)12-9(15)11-5-8(13)14/h1-4H,5,10H2,(H,13,14)(H2,11,12,15). The average Bonchev–Trinajstić information content (AvgIpc) is 2.18. The Morgan fingerprint density at radius 3 is 2.60 bits per heavy atom. The maximum Gasteiger partial charge on any atom is 0.323 e. The lowest BCUT2D eigenvalue weighted by Crippen LogP contribution is -2.33. The molecule has 0 spiro atoms. The lowest BCUT2D eigenvalue weighted by molar-refractivity contribution is -0.135. The smallest absolute Gasteiger partial charge is 0.323 e. The Kier molecular flexibility index (Phi) is 3.50. The molecule has 1 aromatic carbocycles. The highest BCUT2D eigenvalue weighted by atomic mass is 16.4. The van der Waals surface area contributed by atoms with Gasteiger partial charge in [-0.25, -0.2) is 4.79 Å². The van der Waals surface area contributed by atoms with Gasteiger partial charge in [-0.05, 0) is 12.1 Å². The second-order valence-electron chi connectivity index (χ2n) is 2.79. The molecular weight excluding hydrogens is 198 g/mol. The monoisotopic (exact) mass is 209 g/mol. The number of hydrogen-bond acceptors (Lipinski definition) is 3. The van der Waals surface area contributed by atoms with Crippen LogP contribution in [0, 0.1) is 0 Å². The molecule has 0 heterocycles. The van der Waals surface area contributed by atoms with Crippen molar-refractivity contribution in [3.05, 3.63) is 24.3 Å². The summed E-state index contributed by atoms with van der Waals surface area (Å²) < 4.78 is 0. The zero-order valence-corrected chi connectivity index (χ0v) is 7.86. The first-order valence-electron chi connectivity index (χ1n) is 4.20. The molecule has 6 nitrogen and oxygen atoms in total. The first kappa shape index (κ1) is 10.8. The van der Waals surface area contributed by atoms with Crippen molar-refractivity contribution < 1.29 is 14.7 Å². The van der Waals surface area contributed by atoms with Gasteiger partial charge in [0.2, 0.25) is 0 Å². The topological polar surface area (TPSA) is 104 Å². The molecule has 0 aliphatic carbocycles. The van der Waals surface area contributed by atoms with Gasteiger partial charge < -0.3 is 21.5 Å². The zero-order chi connectivity index (χ0) is 11.3. The summed E-state index contributed by atoms with van der Waals surface area (Å²) in [5.41, 5.74) is 6.43. The van der Waals surface area contributed by atoms with Gasteiger partial charge in [-0.3, -0.25) is 4.79 Å². The van der Waals surface area contributed by atoms with Gasteiger partial charge in [-0.2, -0.15) is 0 Å². The number of carboxylic acid groups (broad SMARTS) is 1. The minimum atomic E-state index is -1.11. The Bertz CT molecular complexity index is 379. The first-order chi connectivity index (χ1) is 7.09. The molecule has 0 aliphatic heterocycles. The van der Waals surface area contributed by atoms with Crippen molar-refractivity contribution in [2.24, 2.45) is 0 Å². The van der Waals surface area contributed by atoms with E-state index < -0.39 is 18.5 Å². The quantitative estimate of drug-likeness (QED) is 0.543. The summed E-state index contributed by atoms with van der Waals surface area (Å²) in [6.07, 6.45) is 0. The number of aliphatic carboxylic acids is 1. The highest BCUT2D eigenvalue weighted by Gasteiger charge is 2.05. The lowest BCUT2D eigenvalue weighted by Gasteiger charge is -2.07. The number of para-hydroxylation sites is 2. The minimum Gasteiger partial charge on any atom is -0.480 e. The Morgan fingerprint density at radius 2 is 2.00 bits per heavy atom. The molecule has 0 aliphatic rings. The van der Waals surface area contributed by atoms with E-state index in [1.54, 1.807) is 24.3 Å². The van der Waals surface area contributed by atoms with Crippen LogP contribution in [0.2, 0.25) is 0 Å². The molecule has 5 N–H and O–H groups in total. The van der Waals surface area contributed by atoms with Crippen molar-refractivity contribution in [3.63, 3.8) is 0 Å². The molecule has 0 aromatic heterocycles. The molecule has 0 saturated carbocycles. The van der Waals surface area contributed by atoms with E-state index in [0.717, 1.165) is 0 Å². The summed E-state index contributed by atoms with van der Waals surface area (Å²) in [6, 6.07) is 6.09. The third kappa shape index (κ3) is 3.55. The van der Waals surface area contributed by atoms with Crippen LogP contribution in [0.3, 0.4) is 0 Å². The van der Waals surface area contributed by atoms with Crippen LogP contribution in [-0.2, 0) is 4.79 Å². The van der Waals surface area contributed by atoms with Crippen molar-refractivity contribution in [1.82, 2.24) is 5.32 Å². The number of amides is 2. The van der Waals surface area contributed by atoms with E-state index in [1.807, 2.05) is 0 Å². The third-order valence-electron chi connectivity index (χ3n) is 1.61. The van der Waals surface area contributed by atoms with E-state index in [2.05, 4.69) is 10.6 Å². The second kappa shape index (κ2) is 4.85. The summed E-state index contributed by atoms with van der Waals surface area (Å²) in [5, 5.41) is 12.9.